The topological polar surface area (TPSA) is 99.3 Å². The highest BCUT2D eigenvalue weighted by Crippen LogP contribution is 2.12. The van der Waals surface area contributed by atoms with Crippen molar-refractivity contribution >= 4 is 17.4 Å². The van der Waals surface area contributed by atoms with E-state index in [9.17, 15) is 4.79 Å². The van der Waals surface area contributed by atoms with Gasteiger partial charge in [-0.2, -0.15) is 5.10 Å². The van der Waals surface area contributed by atoms with Crippen LogP contribution in [0.15, 0.2) is 12.1 Å². The van der Waals surface area contributed by atoms with E-state index < -0.39 is 5.91 Å². The van der Waals surface area contributed by atoms with E-state index in [4.69, 9.17) is 11.5 Å². The van der Waals surface area contributed by atoms with Crippen LogP contribution in [0.4, 0.5) is 5.82 Å². The third-order valence-electron chi connectivity index (χ3n) is 1.87. The molecule has 0 atom stereocenters. The smallest absolute Gasteiger partial charge is 0.271 e. The molecular formula is C8H9N5O. The van der Waals surface area contributed by atoms with Crippen molar-refractivity contribution in [3.05, 3.63) is 23.5 Å². The third kappa shape index (κ3) is 1.08. The van der Waals surface area contributed by atoms with Crippen molar-refractivity contribution < 1.29 is 4.79 Å². The van der Waals surface area contributed by atoms with Gasteiger partial charge in [0.05, 0.1) is 5.69 Å². The van der Waals surface area contributed by atoms with Gasteiger partial charge in [0, 0.05) is 0 Å². The Labute approximate surface area is 79.5 Å². The molecule has 0 spiro atoms. The molecule has 2 aromatic rings. The first-order valence-corrected chi connectivity index (χ1v) is 4.01. The SMILES string of the molecule is Cc1ccc2nc(N)c(C(N)=O)n2n1. The Morgan fingerprint density at radius 3 is 2.86 bits per heavy atom. The van der Waals surface area contributed by atoms with E-state index in [1.54, 1.807) is 19.1 Å². The van der Waals surface area contributed by atoms with Crippen molar-refractivity contribution in [2.45, 2.75) is 6.92 Å². The summed E-state index contributed by atoms with van der Waals surface area (Å²) >= 11 is 0. The van der Waals surface area contributed by atoms with Gasteiger partial charge in [0.15, 0.2) is 17.2 Å². The number of imidazole rings is 1. The summed E-state index contributed by atoms with van der Waals surface area (Å²) in [7, 11) is 0. The zero-order valence-electron chi connectivity index (χ0n) is 7.56. The van der Waals surface area contributed by atoms with E-state index >= 15 is 0 Å². The van der Waals surface area contributed by atoms with Gasteiger partial charge in [-0.05, 0) is 19.1 Å². The zero-order valence-corrected chi connectivity index (χ0v) is 7.56. The summed E-state index contributed by atoms with van der Waals surface area (Å²) in [5, 5.41) is 4.09. The van der Waals surface area contributed by atoms with E-state index in [0.29, 0.717) is 5.65 Å². The number of rotatable bonds is 1. The number of primary amides is 1. The summed E-state index contributed by atoms with van der Waals surface area (Å²) in [6.45, 7) is 1.81. The van der Waals surface area contributed by atoms with Crippen LogP contribution in [0.2, 0.25) is 0 Å². The van der Waals surface area contributed by atoms with Crippen LogP contribution in [0.1, 0.15) is 16.2 Å². The average Bonchev–Trinajstić information content (AvgIpc) is 2.40. The lowest BCUT2D eigenvalue weighted by Crippen LogP contribution is -2.16. The number of carbonyl (C=O) groups excluding carboxylic acids is 1. The summed E-state index contributed by atoms with van der Waals surface area (Å²) in [6, 6.07) is 3.51. The number of anilines is 1. The molecule has 14 heavy (non-hydrogen) atoms. The number of nitrogens with two attached hydrogens (primary N) is 2. The van der Waals surface area contributed by atoms with Gasteiger partial charge in [-0.3, -0.25) is 4.79 Å². The van der Waals surface area contributed by atoms with E-state index in [-0.39, 0.29) is 11.5 Å². The van der Waals surface area contributed by atoms with Crippen LogP contribution in [0.5, 0.6) is 0 Å². The third-order valence-corrected chi connectivity index (χ3v) is 1.87. The van der Waals surface area contributed by atoms with Crippen LogP contribution in [0.25, 0.3) is 5.65 Å². The first-order chi connectivity index (χ1) is 6.59. The maximum absolute atomic E-state index is 11.0. The molecule has 0 bridgehead atoms. The second-order valence-corrected chi connectivity index (χ2v) is 2.95. The predicted molar refractivity (Wildman–Crippen MR) is 50.7 cm³/mol. The number of fused-ring (bicyclic) bond motifs is 1. The molecule has 0 aliphatic rings. The van der Waals surface area contributed by atoms with Gasteiger partial charge in [-0.25, -0.2) is 9.50 Å². The van der Waals surface area contributed by atoms with Crippen LogP contribution >= 0.6 is 0 Å². The average molecular weight is 191 g/mol. The van der Waals surface area contributed by atoms with Crippen LogP contribution in [-0.4, -0.2) is 20.5 Å². The maximum atomic E-state index is 11.0. The van der Waals surface area contributed by atoms with E-state index in [1.165, 1.54) is 4.52 Å². The number of amides is 1. The number of carbonyl (C=O) groups is 1. The Hall–Kier alpha value is -2.11. The summed E-state index contributed by atoms with van der Waals surface area (Å²) < 4.78 is 1.35. The highest BCUT2D eigenvalue weighted by Gasteiger charge is 2.15. The molecular weight excluding hydrogens is 182 g/mol. The van der Waals surface area contributed by atoms with Crippen LogP contribution in [-0.2, 0) is 0 Å². The molecule has 0 radical (unpaired) electrons. The normalized spacial score (nSPS) is 10.6. The van der Waals surface area contributed by atoms with Crippen molar-refractivity contribution in [3.63, 3.8) is 0 Å². The molecule has 72 valence electrons. The van der Waals surface area contributed by atoms with Gasteiger partial charge < -0.3 is 11.5 Å². The lowest BCUT2D eigenvalue weighted by molar-refractivity contribution is 0.0994. The van der Waals surface area contributed by atoms with Gasteiger partial charge in [0.25, 0.3) is 5.91 Å². The fraction of sp³-hybridized carbons (Fsp3) is 0.125. The molecule has 0 aromatic carbocycles. The lowest BCUT2D eigenvalue weighted by atomic mass is 10.4. The van der Waals surface area contributed by atoms with Gasteiger partial charge in [0.1, 0.15) is 0 Å². The highest BCUT2D eigenvalue weighted by molar-refractivity contribution is 5.96. The van der Waals surface area contributed by atoms with E-state index in [1.807, 2.05) is 0 Å². The Kier molecular flexibility index (Phi) is 1.63. The second kappa shape index (κ2) is 2.69. The number of nitrogen functional groups attached to an aromatic ring is 1. The van der Waals surface area contributed by atoms with Crippen molar-refractivity contribution in [3.8, 4) is 0 Å². The Balaban J connectivity index is 2.86. The first kappa shape index (κ1) is 8.49. The zero-order chi connectivity index (χ0) is 10.3. The molecule has 0 saturated heterocycles. The summed E-state index contributed by atoms with van der Waals surface area (Å²) in [5.74, 6) is -0.524. The number of hydrogen-bond donors (Lipinski definition) is 2. The van der Waals surface area contributed by atoms with E-state index in [0.717, 1.165) is 5.69 Å². The van der Waals surface area contributed by atoms with Gasteiger partial charge in [-0.1, -0.05) is 0 Å². The van der Waals surface area contributed by atoms with Crippen LogP contribution < -0.4 is 11.5 Å². The molecule has 2 aromatic heterocycles. The number of aromatic nitrogens is 3. The molecule has 0 fully saturated rings. The van der Waals surface area contributed by atoms with Gasteiger partial charge in [-0.15, -0.1) is 0 Å². The molecule has 2 rings (SSSR count). The predicted octanol–water partition coefficient (Wildman–Crippen LogP) is -0.281. The van der Waals surface area contributed by atoms with Gasteiger partial charge >= 0.3 is 0 Å². The summed E-state index contributed by atoms with van der Waals surface area (Å²) in [5.41, 5.74) is 12.1. The van der Waals surface area contributed by atoms with Crippen LogP contribution in [0.3, 0.4) is 0 Å². The number of hydrogen-bond acceptors (Lipinski definition) is 4. The number of aryl methyl sites for hydroxylation is 1. The Morgan fingerprint density at radius 1 is 1.50 bits per heavy atom. The monoisotopic (exact) mass is 191 g/mol. The second-order valence-electron chi connectivity index (χ2n) is 2.95. The van der Waals surface area contributed by atoms with Crippen molar-refractivity contribution in [2.75, 3.05) is 5.73 Å². The minimum atomic E-state index is -0.631. The molecule has 6 heteroatoms. The van der Waals surface area contributed by atoms with Gasteiger partial charge in [0.2, 0.25) is 0 Å². The molecule has 6 nitrogen and oxygen atoms in total. The fourth-order valence-corrected chi connectivity index (χ4v) is 1.27. The standard InChI is InChI=1S/C8H9N5O/c1-4-2-3-5-11-7(9)6(8(10)14)13(5)12-4/h2-3H,9H2,1H3,(H2,10,14). The number of nitrogens with zero attached hydrogens (tertiary/aromatic N) is 3. The molecule has 1 amide bonds. The minimum absolute atomic E-state index is 0.107. The van der Waals surface area contributed by atoms with Crippen molar-refractivity contribution in [2.24, 2.45) is 5.73 Å². The minimum Gasteiger partial charge on any atom is -0.382 e. The summed E-state index contributed by atoms with van der Waals surface area (Å²) in [6.07, 6.45) is 0. The Morgan fingerprint density at radius 2 is 2.21 bits per heavy atom. The molecule has 0 saturated carbocycles. The molecule has 4 N–H and O–H groups in total. The van der Waals surface area contributed by atoms with Crippen molar-refractivity contribution in [1.82, 2.24) is 14.6 Å². The quantitative estimate of drug-likeness (QED) is 0.647. The fourth-order valence-electron chi connectivity index (χ4n) is 1.27. The Bertz CT molecular complexity index is 516. The largest absolute Gasteiger partial charge is 0.382 e. The van der Waals surface area contributed by atoms with Crippen LogP contribution in [0, 0.1) is 6.92 Å². The van der Waals surface area contributed by atoms with Crippen molar-refractivity contribution in [1.29, 1.82) is 0 Å². The molecule has 0 aliphatic heterocycles. The molecule has 2 heterocycles. The van der Waals surface area contributed by atoms with E-state index in [2.05, 4.69) is 10.1 Å². The first-order valence-electron chi connectivity index (χ1n) is 4.01. The molecule has 0 aliphatic carbocycles. The highest BCUT2D eigenvalue weighted by atomic mass is 16.1. The maximum Gasteiger partial charge on any atom is 0.271 e. The lowest BCUT2D eigenvalue weighted by Gasteiger charge is -1.97. The summed E-state index contributed by atoms with van der Waals surface area (Å²) in [4.78, 5) is 15.0. The molecule has 0 unspecified atom stereocenters.